The second-order valence-corrected chi connectivity index (χ2v) is 6.32. The SMILES string of the molecule is CC(CCCNC(=O)NCC1(N(C)C)CCCC1)C(=O)O. The Kier molecular flexibility index (Phi) is 6.95. The van der Waals surface area contributed by atoms with Gasteiger partial charge in [-0.2, -0.15) is 0 Å². The highest BCUT2D eigenvalue weighted by Crippen LogP contribution is 2.32. The molecule has 21 heavy (non-hydrogen) atoms. The Morgan fingerprint density at radius 1 is 1.24 bits per heavy atom. The second kappa shape index (κ2) is 8.22. The molecule has 0 saturated heterocycles. The van der Waals surface area contributed by atoms with Gasteiger partial charge in [0.1, 0.15) is 0 Å². The van der Waals surface area contributed by atoms with Gasteiger partial charge in [0.25, 0.3) is 0 Å². The van der Waals surface area contributed by atoms with Gasteiger partial charge in [-0.1, -0.05) is 19.8 Å². The average Bonchev–Trinajstić information content (AvgIpc) is 2.91. The van der Waals surface area contributed by atoms with E-state index in [2.05, 4.69) is 29.6 Å². The summed E-state index contributed by atoms with van der Waals surface area (Å²) < 4.78 is 0. The lowest BCUT2D eigenvalue weighted by Gasteiger charge is -2.36. The molecule has 0 aliphatic heterocycles. The Morgan fingerprint density at radius 3 is 2.38 bits per heavy atom. The molecule has 2 amide bonds. The predicted molar refractivity (Wildman–Crippen MR) is 82.3 cm³/mol. The van der Waals surface area contributed by atoms with Crippen molar-refractivity contribution in [2.75, 3.05) is 27.2 Å². The molecule has 1 aliphatic rings. The van der Waals surface area contributed by atoms with Crippen LogP contribution in [0, 0.1) is 5.92 Å². The van der Waals surface area contributed by atoms with Crippen LogP contribution in [0.2, 0.25) is 0 Å². The molecule has 1 unspecified atom stereocenters. The number of nitrogens with zero attached hydrogens (tertiary/aromatic N) is 1. The van der Waals surface area contributed by atoms with Crippen molar-refractivity contribution in [2.45, 2.75) is 51.0 Å². The molecule has 6 nitrogen and oxygen atoms in total. The molecule has 0 aromatic rings. The lowest BCUT2D eigenvalue weighted by atomic mass is 9.96. The van der Waals surface area contributed by atoms with Crippen LogP contribution in [-0.4, -0.2) is 54.7 Å². The third kappa shape index (κ3) is 5.53. The monoisotopic (exact) mass is 299 g/mol. The van der Waals surface area contributed by atoms with Crippen molar-refractivity contribution in [2.24, 2.45) is 5.92 Å². The van der Waals surface area contributed by atoms with Crippen LogP contribution in [-0.2, 0) is 4.79 Å². The molecule has 0 aromatic carbocycles. The maximum atomic E-state index is 11.8. The van der Waals surface area contributed by atoms with Crippen molar-refractivity contribution in [3.05, 3.63) is 0 Å². The van der Waals surface area contributed by atoms with Crippen LogP contribution in [0.4, 0.5) is 4.79 Å². The third-order valence-electron chi connectivity index (χ3n) is 4.58. The molecule has 1 aliphatic carbocycles. The van der Waals surface area contributed by atoms with Gasteiger partial charge in [0.15, 0.2) is 0 Å². The summed E-state index contributed by atoms with van der Waals surface area (Å²) in [6.45, 7) is 2.86. The van der Waals surface area contributed by atoms with E-state index in [1.54, 1.807) is 6.92 Å². The van der Waals surface area contributed by atoms with Crippen molar-refractivity contribution in [1.29, 1.82) is 0 Å². The Hall–Kier alpha value is -1.30. The fraction of sp³-hybridized carbons (Fsp3) is 0.867. The molecule has 1 atom stereocenters. The van der Waals surface area contributed by atoms with E-state index in [9.17, 15) is 9.59 Å². The molecule has 3 N–H and O–H groups in total. The number of carbonyl (C=O) groups is 2. The first kappa shape index (κ1) is 17.8. The summed E-state index contributed by atoms with van der Waals surface area (Å²) in [7, 11) is 4.14. The first-order chi connectivity index (χ1) is 9.87. The van der Waals surface area contributed by atoms with Crippen molar-refractivity contribution >= 4 is 12.0 Å². The van der Waals surface area contributed by atoms with Crippen LogP contribution in [0.5, 0.6) is 0 Å². The molecule has 0 spiro atoms. The molecule has 0 bridgehead atoms. The molecule has 0 heterocycles. The van der Waals surface area contributed by atoms with Gasteiger partial charge in [-0.15, -0.1) is 0 Å². The Morgan fingerprint density at radius 2 is 1.86 bits per heavy atom. The number of aliphatic carboxylic acids is 1. The van der Waals surface area contributed by atoms with Crippen molar-refractivity contribution in [3.8, 4) is 0 Å². The summed E-state index contributed by atoms with van der Waals surface area (Å²) in [4.78, 5) is 24.7. The van der Waals surface area contributed by atoms with Gasteiger partial charge in [0, 0.05) is 18.6 Å². The van der Waals surface area contributed by atoms with Crippen molar-refractivity contribution in [1.82, 2.24) is 15.5 Å². The first-order valence-electron chi connectivity index (χ1n) is 7.79. The van der Waals surface area contributed by atoms with Gasteiger partial charge < -0.3 is 20.6 Å². The topological polar surface area (TPSA) is 81.7 Å². The summed E-state index contributed by atoms with van der Waals surface area (Å²) in [6, 6.07) is -0.161. The van der Waals surface area contributed by atoms with Crippen LogP contribution >= 0.6 is 0 Å². The summed E-state index contributed by atoms with van der Waals surface area (Å²) in [5.74, 6) is -1.14. The first-order valence-corrected chi connectivity index (χ1v) is 7.79. The zero-order chi connectivity index (χ0) is 15.9. The maximum Gasteiger partial charge on any atom is 0.314 e. The lowest BCUT2D eigenvalue weighted by molar-refractivity contribution is -0.141. The Labute approximate surface area is 127 Å². The van der Waals surface area contributed by atoms with E-state index in [0.717, 1.165) is 12.8 Å². The highest BCUT2D eigenvalue weighted by molar-refractivity contribution is 5.73. The number of hydrogen-bond acceptors (Lipinski definition) is 3. The number of carbonyl (C=O) groups excluding carboxylic acids is 1. The zero-order valence-corrected chi connectivity index (χ0v) is 13.4. The number of hydrogen-bond donors (Lipinski definition) is 3. The summed E-state index contributed by atoms with van der Waals surface area (Å²) in [5.41, 5.74) is 0.0924. The molecular weight excluding hydrogens is 270 g/mol. The smallest absolute Gasteiger partial charge is 0.314 e. The quantitative estimate of drug-likeness (QED) is 0.595. The molecule has 6 heteroatoms. The number of rotatable bonds is 8. The number of carboxylic acids is 1. The average molecular weight is 299 g/mol. The normalized spacial score (nSPS) is 18.5. The Bertz CT molecular complexity index is 352. The summed E-state index contributed by atoms with van der Waals surface area (Å²) in [5, 5.41) is 14.5. The molecule has 1 saturated carbocycles. The Balaban J connectivity index is 2.20. The standard InChI is InChI=1S/C15H29N3O3/c1-12(13(19)20)7-6-10-16-14(21)17-11-15(18(2)3)8-4-5-9-15/h12H,4-11H2,1-3H3,(H,19,20)(H2,16,17,21). The molecule has 1 fully saturated rings. The zero-order valence-electron chi connectivity index (χ0n) is 13.4. The van der Waals surface area contributed by atoms with E-state index in [1.807, 2.05) is 0 Å². The second-order valence-electron chi connectivity index (χ2n) is 6.32. The van der Waals surface area contributed by atoms with E-state index < -0.39 is 5.97 Å². The molecule has 0 radical (unpaired) electrons. The number of urea groups is 1. The van der Waals surface area contributed by atoms with Crippen molar-refractivity contribution < 1.29 is 14.7 Å². The van der Waals surface area contributed by atoms with Gasteiger partial charge in [-0.3, -0.25) is 4.79 Å². The fourth-order valence-electron chi connectivity index (χ4n) is 2.86. The minimum atomic E-state index is -0.784. The van der Waals surface area contributed by atoms with Crippen LogP contribution in [0.15, 0.2) is 0 Å². The van der Waals surface area contributed by atoms with Gasteiger partial charge in [0.2, 0.25) is 0 Å². The van der Waals surface area contributed by atoms with Gasteiger partial charge in [0.05, 0.1) is 5.92 Å². The highest BCUT2D eigenvalue weighted by Gasteiger charge is 2.36. The molecule has 1 rings (SSSR count). The van der Waals surface area contributed by atoms with Crippen molar-refractivity contribution in [3.63, 3.8) is 0 Å². The van der Waals surface area contributed by atoms with E-state index in [-0.39, 0.29) is 17.5 Å². The van der Waals surface area contributed by atoms with E-state index in [0.29, 0.717) is 25.9 Å². The number of nitrogens with one attached hydrogen (secondary N) is 2. The van der Waals surface area contributed by atoms with Crippen LogP contribution in [0.25, 0.3) is 0 Å². The third-order valence-corrected chi connectivity index (χ3v) is 4.58. The summed E-state index contributed by atoms with van der Waals surface area (Å²) in [6.07, 6.45) is 5.94. The van der Waals surface area contributed by atoms with Gasteiger partial charge >= 0.3 is 12.0 Å². The summed E-state index contributed by atoms with van der Waals surface area (Å²) >= 11 is 0. The molecule has 122 valence electrons. The van der Waals surface area contributed by atoms with E-state index in [4.69, 9.17) is 5.11 Å². The minimum absolute atomic E-state index is 0.0924. The maximum absolute atomic E-state index is 11.8. The van der Waals surface area contributed by atoms with Gasteiger partial charge in [-0.25, -0.2) is 4.79 Å². The van der Waals surface area contributed by atoms with E-state index in [1.165, 1.54) is 12.8 Å². The number of amides is 2. The lowest BCUT2D eigenvalue weighted by Crippen LogP contribution is -2.52. The largest absolute Gasteiger partial charge is 0.481 e. The predicted octanol–water partition coefficient (Wildman–Crippen LogP) is 1.66. The number of likely N-dealkylation sites (N-methyl/N-ethyl adjacent to an activating group) is 1. The van der Waals surface area contributed by atoms with Crippen LogP contribution < -0.4 is 10.6 Å². The minimum Gasteiger partial charge on any atom is -0.481 e. The molecule has 0 aromatic heterocycles. The van der Waals surface area contributed by atoms with Gasteiger partial charge in [-0.05, 0) is 39.8 Å². The van der Waals surface area contributed by atoms with Crippen LogP contribution in [0.1, 0.15) is 45.4 Å². The van der Waals surface area contributed by atoms with E-state index >= 15 is 0 Å². The highest BCUT2D eigenvalue weighted by atomic mass is 16.4. The fourth-order valence-corrected chi connectivity index (χ4v) is 2.86. The molecular formula is C15H29N3O3. The van der Waals surface area contributed by atoms with Crippen LogP contribution in [0.3, 0.4) is 0 Å². The number of carboxylic acid groups (broad SMARTS) is 1.